The van der Waals surface area contributed by atoms with Gasteiger partial charge in [-0.25, -0.2) is 18.5 Å². The first kappa shape index (κ1) is 27.4. The van der Waals surface area contributed by atoms with Gasteiger partial charge in [0.1, 0.15) is 41.9 Å². The highest BCUT2D eigenvalue weighted by molar-refractivity contribution is 7.52. The Hall–Kier alpha value is -3.60. The van der Waals surface area contributed by atoms with Crippen LogP contribution in [0, 0.1) is 11.3 Å². The number of esters is 1. The van der Waals surface area contributed by atoms with E-state index in [4.69, 9.17) is 24.3 Å². The van der Waals surface area contributed by atoms with Crippen molar-refractivity contribution in [3.63, 3.8) is 0 Å². The van der Waals surface area contributed by atoms with Crippen LogP contribution in [-0.4, -0.2) is 63.3 Å². The standard InChI is InChI=1S/C23H26FN6O7P/c1-3-34-22(32)14(2)29-38(33,37-15-7-5-4-6-8-15)35-11-17-19(31)20(24)23(12-25,36-17)18-10-9-16-21(26)27-13-28-30(16)18/h4-10,13-14,17,19-20,31H,3,11H2,1-2H3,(H,29,33)(H2,26,27,28). The lowest BCUT2D eigenvalue weighted by Crippen LogP contribution is -2.38. The maximum absolute atomic E-state index is 15.5. The van der Waals surface area contributed by atoms with Crippen LogP contribution >= 0.6 is 7.75 Å². The Morgan fingerprint density at radius 2 is 2.13 bits per heavy atom. The van der Waals surface area contributed by atoms with Gasteiger partial charge < -0.3 is 24.8 Å². The van der Waals surface area contributed by atoms with Gasteiger partial charge in [-0.05, 0) is 38.1 Å². The largest absolute Gasteiger partial charge is 0.465 e. The van der Waals surface area contributed by atoms with Crippen molar-refractivity contribution in [2.75, 3.05) is 18.9 Å². The monoisotopic (exact) mass is 548 g/mol. The van der Waals surface area contributed by atoms with Crippen molar-refractivity contribution >= 4 is 25.1 Å². The molecule has 1 aliphatic rings. The summed E-state index contributed by atoms with van der Waals surface area (Å²) in [6.07, 6.45) is -4.42. The highest BCUT2D eigenvalue weighted by Crippen LogP contribution is 2.47. The molecule has 15 heteroatoms. The van der Waals surface area contributed by atoms with E-state index in [9.17, 15) is 19.7 Å². The number of aliphatic hydroxyl groups excluding tert-OH is 1. The molecule has 202 valence electrons. The van der Waals surface area contributed by atoms with Crippen molar-refractivity contribution in [1.82, 2.24) is 19.7 Å². The second-order valence-corrected chi connectivity index (χ2v) is 10.1. The van der Waals surface area contributed by atoms with E-state index in [1.807, 2.05) is 0 Å². The molecule has 1 aliphatic heterocycles. The molecule has 0 amide bonds. The van der Waals surface area contributed by atoms with E-state index < -0.39 is 50.3 Å². The minimum atomic E-state index is -4.32. The van der Waals surface area contributed by atoms with Gasteiger partial charge in [-0.2, -0.15) is 15.4 Å². The van der Waals surface area contributed by atoms with Crippen LogP contribution in [0.1, 0.15) is 19.5 Å². The maximum Gasteiger partial charge on any atom is 0.459 e. The first-order valence-corrected chi connectivity index (χ1v) is 13.1. The molecule has 38 heavy (non-hydrogen) atoms. The molecule has 6 unspecified atom stereocenters. The van der Waals surface area contributed by atoms with Crippen LogP contribution in [0.2, 0.25) is 0 Å². The van der Waals surface area contributed by atoms with Gasteiger partial charge in [0.2, 0.25) is 5.60 Å². The zero-order chi connectivity index (χ0) is 27.5. The molecular weight excluding hydrogens is 522 g/mol. The number of nitriles is 1. The molecule has 1 saturated heterocycles. The number of hydrogen-bond donors (Lipinski definition) is 3. The second-order valence-electron chi connectivity index (χ2n) is 8.36. The van der Waals surface area contributed by atoms with Gasteiger partial charge in [0.05, 0.1) is 18.9 Å². The molecule has 3 aromatic rings. The van der Waals surface area contributed by atoms with Crippen molar-refractivity contribution in [2.45, 2.75) is 43.9 Å². The highest BCUT2D eigenvalue weighted by Gasteiger charge is 2.59. The van der Waals surface area contributed by atoms with E-state index in [1.165, 1.54) is 35.7 Å². The Labute approximate surface area is 216 Å². The summed E-state index contributed by atoms with van der Waals surface area (Å²) in [6, 6.07) is 11.5. The predicted molar refractivity (Wildman–Crippen MR) is 130 cm³/mol. The summed E-state index contributed by atoms with van der Waals surface area (Å²) in [5.74, 6) is -0.466. The van der Waals surface area contributed by atoms with Gasteiger partial charge in [-0.1, -0.05) is 18.2 Å². The molecule has 6 atom stereocenters. The Kier molecular flexibility index (Phi) is 7.96. The third-order valence-corrected chi connectivity index (χ3v) is 7.45. The van der Waals surface area contributed by atoms with E-state index in [0.29, 0.717) is 5.52 Å². The fourth-order valence-electron chi connectivity index (χ4n) is 3.95. The number of nitrogens with one attached hydrogen (secondary N) is 1. The molecular formula is C23H26FN6O7P. The number of aromatic nitrogens is 3. The van der Waals surface area contributed by atoms with Crippen LogP contribution in [0.25, 0.3) is 5.52 Å². The van der Waals surface area contributed by atoms with Gasteiger partial charge in [0.15, 0.2) is 12.0 Å². The third kappa shape index (κ3) is 5.20. The molecule has 0 radical (unpaired) electrons. The Bertz CT molecular complexity index is 1390. The number of aliphatic hydroxyl groups is 1. The Morgan fingerprint density at radius 3 is 2.82 bits per heavy atom. The van der Waals surface area contributed by atoms with E-state index in [1.54, 1.807) is 31.2 Å². The summed E-state index contributed by atoms with van der Waals surface area (Å²) < 4.78 is 52.0. The number of benzene rings is 1. The van der Waals surface area contributed by atoms with Crippen molar-refractivity contribution < 1.29 is 37.4 Å². The number of nitrogen functional groups attached to an aromatic ring is 1. The summed E-state index contributed by atoms with van der Waals surface area (Å²) in [6.45, 7) is 2.44. The van der Waals surface area contributed by atoms with Crippen LogP contribution in [0.3, 0.4) is 0 Å². The molecule has 0 bridgehead atoms. The fourth-order valence-corrected chi connectivity index (χ4v) is 5.46. The fraction of sp³-hybridized carbons (Fsp3) is 0.391. The first-order chi connectivity index (χ1) is 18.1. The van der Waals surface area contributed by atoms with Crippen molar-refractivity contribution in [1.29, 1.82) is 5.26 Å². The van der Waals surface area contributed by atoms with E-state index >= 15 is 4.39 Å². The number of rotatable bonds is 10. The molecule has 2 aromatic heterocycles. The average molecular weight is 548 g/mol. The summed E-state index contributed by atoms with van der Waals surface area (Å²) in [4.78, 5) is 16.0. The number of alkyl halides is 1. The quantitative estimate of drug-likeness (QED) is 0.247. The summed E-state index contributed by atoms with van der Waals surface area (Å²) in [5, 5.41) is 27.1. The second kappa shape index (κ2) is 11.0. The minimum absolute atomic E-state index is 0.0315. The van der Waals surface area contributed by atoms with E-state index in [-0.39, 0.29) is 23.9 Å². The van der Waals surface area contributed by atoms with Crippen molar-refractivity contribution in [3.05, 3.63) is 54.5 Å². The predicted octanol–water partition coefficient (Wildman–Crippen LogP) is 1.87. The number of para-hydroxylation sites is 1. The smallest absolute Gasteiger partial charge is 0.459 e. The minimum Gasteiger partial charge on any atom is -0.465 e. The van der Waals surface area contributed by atoms with Gasteiger partial charge in [-0.3, -0.25) is 9.32 Å². The zero-order valence-electron chi connectivity index (χ0n) is 20.4. The lowest BCUT2D eigenvalue weighted by molar-refractivity contribution is -0.144. The summed E-state index contributed by atoms with van der Waals surface area (Å²) in [5.41, 5.74) is 3.82. The average Bonchev–Trinajstić information content (AvgIpc) is 3.44. The van der Waals surface area contributed by atoms with Gasteiger partial charge in [-0.15, -0.1) is 0 Å². The van der Waals surface area contributed by atoms with Gasteiger partial charge in [0, 0.05) is 0 Å². The van der Waals surface area contributed by atoms with Crippen LogP contribution in [0.15, 0.2) is 48.8 Å². The van der Waals surface area contributed by atoms with Gasteiger partial charge in [0.25, 0.3) is 0 Å². The number of nitrogens with zero attached hydrogens (tertiary/aromatic N) is 4. The van der Waals surface area contributed by atoms with E-state index in [0.717, 1.165) is 6.33 Å². The highest BCUT2D eigenvalue weighted by atomic mass is 31.2. The number of fused-ring (bicyclic) bond motifs is 1. The maximum atomic E-state index is 15.5. The number of anilines is 1. The molecule has 13 nitrogen and oxygen atoms in total. The molecule has 3 heterocycles. The zero-order valence-corrected chi connectivity index (χ0v) is 21.3. The topological polar surface area (TPSA) is 183 Å². The van der Waals surface area contributed by atoms with Crippen LogP contribution in [0.5, 0.6) is 5.75 Å². The number of halogens is 1. The number of hydrogen-bond acceptors (Lipinski definition) is 11. The Balaban J connectivity index is 1.58. The molecule has 4 rings (SSSR count). The summed E-state index contributed by atoms with van der Waals surface area (Å²) >= 11 is 0. The number of carbonyl (C=O) groups is 1. The van der Waals surface area contributed by atoms with Crippen molar-refractivity contribution in [2.24, 2.45) is 0 Å². The van der Waals surface area contributed by atoms with Crippen LogP contribution in [-0.2, 0) is 29.0 Å². The molecule has 0 saturated carbocycles. The number of nitrogens with two attached hydrogens (primary N) is 1. The molecule has 4 N–H and O–H groups in total. The lowest BCUT2D eigenvalue weighted by Gasteiger charge is -2.25. The first-order valence-electron chi connectivity index (χ1n) is 11.6. The number of ether oxygens (including phenoxy) is 2. The molecule has 1 fully saturated rings. The SMILES string of the molecule is CCOC(=O)C(C)NP(=O)(OCC1OC(C#N)(c2ccc3c(N)ncnn23)C(F)C1O)Oc1ccccc1. The molecule has 0 spiro atoms. The molecule has 1 aromatic carbocycles. The van der Waals surface area contributed by atoms with E-state index in [2.05, 4.69) is 15.2 Å². The van der Waals surface area contributed by atoms with Crippen LogP contribution < -0.4 is 15.3 Å². The lowest BCUT2D eigenvalue weighted by atomic mass is 9.94. The molecule has 0 aliphatic carbocycles. The van der Waals surface area contributed by atoms with Crippen LogP contribution in [0.4, 0.5) is 10.2 Å². The summed E-state index contributed by atoms with van der Waals surface area (Å²) in [7, 11) is -4.32. The third-order valence-electron chi connectivity index (χ3n) is 5.80. The van der Waals surface area contributed by atoms with Gasteiger partial charge >= 0.3 is 13.7 Å². The normalized spacial score (nSPS) is 25.4. The number of carbonyl (C=O) groups excluding carboxylic acids is 1. The Morgan fingerprint density at radius 1 is 1.39 bits per heavy atom. The van der Waals surface area contributed by atoms with Crippen molar-refractivity contribution in [3.8, 4) is 11.8 Å².